The Morgan fingerprint density at radius 2 is 2.08 bits per heavy atom. The summed E-state index contributed by atoms with van der Waals surface area (Å²) in [6, 6.07) is 11.1. The Morgan fingerprint density at radius 3 is 2.76 bits per heavy atom. The van der Waals surface area contributed by atoms with Gasteiger partial charge in [-0.2, -0.15) is 5.26 Å². The Kier molecular flexibility index (Phi) is 5.02. The standard InChI is InChI=1S/C17H13BrClN5O/c1-10(25-17-13(18)7-11(8-20)9-21-17)15-22-23-16(24(15)2)12-5-3-4-6-14(12)19/h3-7,9-10H,1-2H3/t10-/m0/s1. The van der Waals surface area contributed by atoms with E-state index in [1.54, 1.807) is 6.07 Å². The fourth-order valence-corrected chi connectivity index (χ4v) is 3.03. The van der Waals surface area contributed by atoms with Crippen LogP contribution < -0.4 is 4.74 Å². The van der Waals surface area contributed by atoms with Gasteiger partial charge in [0.25, 0.3) is 0 Å². The van der Waals surface area contributed by atoms with E-state index in [0.29, 0.717) is 32.6 Å². The van der Waals surface area contributed by atoms with Crippen LogP contribution in [-0.4, -0.2) is 19.7 Å². The van der Waals surface area contributed by atoms with Gasteiger partial charge in [0.1, 0.15) is 6.07 Å². The van der Waals surface area contributed by atoms with Crippen molar-refractivity contribution in [2.75, 3.05) is 0 Å². The number of hydrogen-bond donors (Lipinski definition) is 0. The van der Waals surface area contributed by atoms with Crippen molar-refractivity contribution < 1.29 is 4.74 Å². The SMILES string of the molecule is C[C@H](Oc1ncc(C#N)cc1Br)c1nnc(-c2ccccc2Cl)n1C. The van der Waals surface area contributed by atoms with E-state index in [1.807, 2.05) is 48.9 Å². The normalized spacial score (nSPS) is 11.8. The van der Waals surface area contributed by atoms with Gasteiger partial charge in [-0.05, 0) is 41.1 Å². The molecule has 1 atom stereocenters. The molecule has 6 nitrogen and oxygen atoms in total. The van der Waals surface area contributed by atoms with Gasteiger partial charge in [0.15, 0.2) is 17.8 Å². The molecule has 0 bridgehead atoms. The number of aromatic nitrogens is 4. The molecule has 126 valence electrons. The molecule has 0 amide bonds. The Labute approximate surface area is 158 Å². The molecule has 1 aromatic carbocycles. The summed E-state index contributed by atoms with van der Waals surface area (Å²) in [5.41, 5.74) is 1.25. The van der Waals surface area contributed by atoms with Crippen LogP contribution in [0.2, 0.25) is 5.02 Å². The second kappa shape index (κ2) is 7.21. The van der Waals surface area contributed by atoms with E-state index in [2.05, 4.69) is 31.1 Å². The summed E-state index contributed by atoms with van der Waals surface area (Å²) in [5.74, 6) is 1.67. The first kappa shape index (κ1) is 17.4. The number of ether oxygens (including phenoxy) is 1. The van der Waals surface area contributed by atoms with E-state index in [4.69, 9.17) is 21.6 Å². The molecule has 0 aliphatic carbocycles. The third kappa shape index (κ3) is 3.50. The summed E-state index contributed by atoms with van der Waals surface area (Å²) >= 11 is 9.60. The maximum Gasteiger partial charge on any atom is 0.228 e. The molecular weight excluding hydrogens is 406 g/mol. The van der Waals surface area contributed by atoms with Crippen molar-refractivity contribution in [3.8, 4) is 23.3 Å². The van der Waals surface area contributed by atoms with E-state index in [9.17, 15) is 0 Å². The van der Waals surface area contributed by atoms with Gasteiger partial charge in [0.2, 0.25) is 5.88 Å². The minimum Gasteiger partial charge on any atom is -0.466 e. The highest BCUT2D eigenvalue weighted by Crippen LogP contribution is 2.30. The highest BCUT2D eigenvalue weighted by atomic mass is 79.9. The van der Waals surface area contributed by atoms with E-state index >= 15 is 0 Å². The average molecular weight is 419 g/mol. The molecule has 3 rings (SSSR count). The number of benzene rings is 1. The first-order valence-corrected chi connectivity index (χ1v) is 8.55. The van der Waals surface area contributed by atoms with Gasteiger partial charge < -0.3 is 9.30 Å². The Hall–Kier alpha value is -2.43. The second-order valence-corrected chi connectivity index (χ2v) is 6.57. The van der Waals surface area contributed by atoms with Gasteiger partial charge in [-0.15, -0.1) is 10.2 Å². The summed E-state index contributed by atoms with van der Waals surface area (Å²) in [6.07, 6.45) is 1.06. The lowest BCUT2D eigenvalue weighted by atomic mass is 10.2. The molecule has 0 N–H and O–H groups in total. The first-order chi connectivity index (χ1) is 12.0. The van der Waals surface area contributed by atoms with Crippen molar-refractivity contribution in [3.63, 3.8) is 0 Å². The molecular formula is C17H13BrClN5O. The van der Waals surface area contributed by atoms with Crippen LogP contribution in [0.25, 0.3) is 11.4 Å². The molecule has 8 heteroatoms. The van der Waals surface area contributed by atoms with Crippen LogP contribution in [0.1, 0.15) is 24.4 Å². The zero-order chi connectivity index (χ0) is 18.0. The Morgan fingerprint density at radius 1 is 1.32 bits per heavy atom. The van der Waals surface area contributed by atoms with E-state index in [-0.39, 0.29) is 0 Å². The second-order valence-electron chi connectivity index (χ2n) is 5.30. The lowest BCUT2D eigenvalue weighted by Gasteiger charge is -2.14. The molecule has 0 fully saturated rings. The number of rotatable bonds is 4. The fraction of sp³-hybridized carbons (Fsp3) is 0.176. The van der Waals surface area contributed by atoms with Crippen LogP contribution in [0, 0.1) is 11.3 Å². The third-order valence-electron chi connectivity index (χ3n) is 3.61. The van der Waals surface area contributed by atoms with E-state index < -0.39 is 6.10 Å². The van der Waals surface area contributed by atoms with Crippen LogP contribution >= 0.6 is 27.5 Å². The quantitative estimate of drug-likeness (QED) is 0.631. The van der Waals surface area contributed by atoms with Crippen LogP contribution in [0.5, 0.6) is 5.88 Å². The first-order valence-electron chi connectivity index (χ1n) is 7.37. The van der Waals surface area contributed by atoms with Crippen LogP contribution in [-0.2, 0) is 7.05 Å². The highest BCUT2D eigenvalue weighted by Gasteiger charge is 2.20. The lowest BCUT2D eigenvalue weighted by molar-refractivity contribution is 0.202. The van der Waals surface area contributed by atoms with Gasteiger partial charge in [0.05, 0.1) is 15.1 Å². The smallest absolute Gasteiger partial charge is 0.228 e. The number of halogens is 2. The largest absolute Gasteiger partial charge is 0.466 e. The Balaban J connectivity index is 1.88. The van der Waals surface area contributed by atoms with Crippen molar-refractivity contribution >= 4 is 27.5 Å². The van der Waals surface area contributed by atoms with Crippen molar-refractivity contribution in [3.05, 3.63) is 57.4 Å². The summed E-state index contributed by atoms with van der Waals surface area (Å²) in [4.78, 5) is 4.15. The molecule has 2 aromatic heterocycles. The number of pyridine rings is 1. The maximum absolute atomic E-state index is 8.90. The monoisotopic (exact) mass is 417 g/mol. The number of hydrogen-bond acceptors (Lipinski definition) is 5. The Bertz CT molecular complexity index is 966. The summed E-state index contributed by atoms with van der Waals surface area (Å²) in [5, 5.41) is 18.0. The molecule has 0 unspecified atom stereocenters. The van der Waals surface area contributed by atoms with Gasteiger partial charge in [-0.25, -0.2) is 4.98 Å². The molecule has 2 heterocycles. The van der Waals surface area contributed by atoms with Gasteiger partial charge >= 0.3 is 0 Å². The summed E-state index contributed by atoms with van der Waals surface area (Å²) in [6.45, 7) is 1.85. The number of nitrogens with zero attached hydrogens (tertiary/aromatic N) is 5. The van der Waals surface area contributed by atoms with Crippen LogP contribution in [0.3, 0.4) is 0 Å². The summed E-state index contributed by atoms with van der Waals surface area (Å²) in [7, 11) is 1.86. The zero-order valence-electron chi connectivity index (χ0n) is 13.4. The predicted octanol–water partition coefficient (Wildman–Crippen LogP) is 4.30. The average Bonchev–Trinajstić information content (AvgIpc) is 2.98. The topological polar surface area (TPSA) is 76.6 Å². The number of nitriles is 1. The van der Waals surface area contributed by atoms with E-state index in [1.165, 1.54) is 6.20 Å². The summed E-state index contributed by atoms with van der Waals surface area (Å²) < 4.78 is 8.31. The molecule has 0 saturated carbocycles. The molecule has 0 radical (unpaired) electrons. The minimum atomic E-state index is -0.398. The molecule has 0 spiro atoms. The van der Waals surface area contributed by atoms with Gasteiger partial charge in [-0.1, -0.05) is 23.7 Å². The molecule has 0 aliphatic heterocycles. The minimum absolute atomic E-state index is 0.383. The highest BCUT2D eigenvalue weighted by molar-refractivity contribution is 9.10. The van der Waals surface area contributed by atoms with Crippen molar-refractivity contribution in [1.29, 1.82) is 5.26 Å². The fourth-order valence-electron chi connectivity index (χ4n) is 2.37. The molecule has 0 saturated heterocycles. The lowest BCUT2D eigenvalue weighted by Crippen LogP contribution is -2.11. The van der Waals surface area contributed by atoms with Gasteiger partial charge in [0, 0.05) is 18.8 Å². The predicted molar refractivity (Wildman–Crippen MR) is 97.1 cm³/mol. The maximum atomic E-state index is 8.90. The molecule has 25 heavy (non-hydrogen) atoms. The zero-order valence-corrected chi connectivity index (χ0v) is 15.8. The van der Waals surface area contributed by atoms with Crippen molar-refractivity contribution in [2.24, 2.45) is 7.05 Å². The third-order valence-corrected chi connectivity index (χ3v) is 4.51. The van der Waals surface area contributed by atoms with Crippen molar-refractivity contribution in [1.82, 2.24) is 19.7 Å². The van der Waals surface area contributed by atoms with Crippen LogP contribution in [0.15, 0.2) is 41.0 Å². The van der Waals surface area contributed by atoms with Crippen LogP contribution in [0.4, 0.5) is 0 Å². The van der Waals surface area contributed by atoms with E-state index in [0.717, 1.165) is 5.56 Å². The van der Waals surface area contributed by atoms with Crippen molar-refractivity contribution in [2.45, 2.75) is 13.0 Å². The molecule has 3 aromatic rings. The molecule has 0 aliphatic rings. The van der Waals surface area contributed by atoms with Gasteiger partial charge in [-0.3, -0.25) is 0 Å².